The predicted molar refractivity (Wildman–Crippen MR) is 85.9 cm³/mol. The lowest BCUT2D eigenvalue weighted by Crippen LogP contribution is -2.25. The molecule has 0 spiro atoms. The molecular formula is C16H23Cl2NO. The van der Waals surface area contributed by atoms with E-state index in [0.29, 0.717) is 10.0 Å². The first-order chi connectivity index (χ1) is 9.45. The van der Waals surface area contributed by atoms with Crippen molar-refractivity contribution >= 4 is 23.2 Å². The fourth-order valence-electron chi connectivity index (χ4n) is 2.90. The van der Waals surface area contributed by atoms with Crippen LogP contribution in [0.15, 0.2) is 12.1 Å². The third kappa shape index (κ3) is 4.28. The molecule has 1 aliphatic carbocycles. The molecule has 0 aromatic heterocycles. The summed E-state index contributed by atoms with van der Waals surface area (Å²) in [6.45, 7) is 4.25. The van der Waals surface area contributed by atoms with Gasteiger partial charge in [-0.2, -0.15) is 0 Å². The van der Waals surface area contributed by atoms with Gasteiger partial charge in [0.2, 0.25) is 0 Å². The van der Waals surface area contributed by atoms with Gasteiger partial charge in [-0.15, -0.1) is 0 Å². The molecular weight excluding hydrogens is 293 g/mol. The summed E-state index contributed by atoms with van der Waals surface area (Å²) >= 11 is 12.4. The molecule has 3 atom stereocenters. The quantitative estimate of drug-likeness (QED) is 0.862. The zero-order valence-electron chi connectivity index (χ0n) is 12.2. The molecule has 1 aromatic carbocycles. The van der Waals surface area contributed by atoms with Gasteiger partial charge >= 0.3 is 0 Å². The number of hydrogen-bond acceptors (Lipinski definition) is 2. The van der Waals surface area contributed by atoms with Gasteiger partial charge in [0.25, 0.3) is 0 Å². The maximum Gasteiger partial charge on any atom is 0.141 e. The molecule has 0 aliphatic heterocycles. The second kappa shape index (κ2) is 7.02. The molecule has 2 N–H and O–H groups in total. The highest BCUT2D eigenvalue weighted by molar-refractivity contribution is 6.35. The number of halogens is 2. The van der Waals surface area contributed by atoms with E-state index in [1.165, 1.54) is 12.8 Å². The minimum Gasteiger partial charge on any atom is -0.489 e. The van der Waals surface area contributed by atoms with Gasteiger partial charge in [0, 0.05) is 11.1 Å². The summed E-state index contributed by atoms with van der Waals surface area (Å²) in [5.74, 6) is 1.49. The van der Waals surface area contributed by atoms with E-state index in [4.69, 9.17) is 33.7 Å². The zero-order chi connectivity index (χ0) is 14.7. The summed E-state index contributed by atoms with van der Waals surface area (Å²) in [6.07, 6.45) is 5.68. The molecule has 1 fully saturated rings. The van der Waals surface area contributed by atoms with E-state index in [1.54, 1.807) is 6.07 Å². The molecule has 3 unspecified atom stereocenters. The normalized spacial score (nSPS) is 24.4. The average Bonchev–Trinajstić information content (AvgIpc) is 2.33. The first-order valence-corrected chi connectivity index (χ1v) is 8.11. The van der Waals surface area contributed by atoms with E-state index in [9.17, 15) is 0 Å². The molecule has 0 heterocycles. The lowest BCUT2D eigenvalue weighted by Gasteiger charge is -2.29. The SMILES string of the molecule is CC(N)Cc1cc(Cl)cc(Cl)c1OC1CCCC(C)C1. The van der Waals surface area contributed by atoms with Crippen molar-refractivity contribution in [3.8, 4) is 5.75 Å². The molecule has 1 saturated carbocycles. The molecule has 0 radical (unpaired) electrons. The third-order valence-electron chi connectivity index (χ3n) is 3.80. The van der Waals surface area contributed by atoms with Crippen molar-refractivity contribution in [2.75, 3.05) is 0 Å². The van der Waals surface area contributed by atoms with Crippen LogP contribution >= 0.6 is 23.2 Å². The van der Waals surface area contributed by atoms with Crippen molar-refractivity contribution in [2.45, 2.75) is 58.1 Å². The fraction of sp³-hybridized carbons (Fsp3) is 0.625. The van der Waals surface area contributed by atoms with Crippen LogP contribution in [0, 0.1) is 5.92 Å². The third-order valence-corrected chi connectivity index (χ3v) is 4.30. The molecule has 0 bridgehead atoms. The standard InChI is InChI=1S/C16H23Cl2NO/c1-10-4-3-5-14(6-10)20-16-12(7-11(2)19)8-13(17)9-15(16)18/h8-11,14H,3-7,19H2,1-2H3. The van der Waals surface area contributed by atoms with E-state index in [2.05, 4.69) is 6.92 Å². The van der Waals surface area contributed by atoms with Gasteiger partial charge < -0.3 is 10.5 Å². The van der Waals surface area contributed by atoms with E-state index in [-0.39, 0.29) is 12.1 Å². The van der Waals surface area contributed by atoms with E-state index >= 15 is 0 Å². The van der Waals surface area contributed by atoms with E-state index < -0.39 is 0 Å². The van der Waals surface area contributed by atoms with Crippen LogP contribution in [-0.4, -0.2) is 12.1 Å². The summed E-state index contributed by atoms with van der Waals surface area (Å²) in [6, 6.07) is 3.71. The van der Waals surface area contributed by atoms with Gasteiger partial charge in [-0.25, -0.2) is 0 Å². The number of benzene rings is 1. The molecule has 0 saturated heterocycles. The van der Waals surface area contributed by atoms with E-state index in [1.807, 2.05) is 13.0 Å². The molecule has 20 heavy (non-hydrogen) atoms. The number of rotatable bonds is 4. The van der Waals surface area contributed by atoms with Crippen LogP contribution in [0.25, 0.3) is 0 Å². The van der Waals surface area contributed by atoms with Gasteiger partial charge in [-0.05, 0) is 56.2 Å². The Bertz CT molecular complexity index is 462. The minimum absolute atomic E-state index is 0.0529. The Labute approximate surface area is 131 Å². The van der Waals surface area contributed by atoms with Crippen LogP contribution in [0.2, 0.25) is 10.0 Å². The molecule has 0 amide bonds. The lowest BCUT2D eigenvalue weighted by molar-refractivity contribution is 0.128. The smallest absolute Gasteiger partial charge is 0.141 e. The number of ether oxygens (including phenoxy) is 1. The van der Waals surface area contributed by atoms with Gasteiger partial charge in [-0.3, -0.25) is 0 Å². The van der Waals surface area contributed by atoms with Crippen molar-refractivity contribution in [1.29, 1.82) is 0 Å². The monoisotopic (exact) mass is 315 g/mol. The zero-order valence-corrected chi connectivity index (χ0v) is 13.7. The first-order valence-electron chi connectivity index (χ1n) is 7.36. The Morgan fingerprint density at radius 2 is 2.10 bits per heavy atom. The van der Waals surface area contributed by atoms with Crippen molar-refractivity contribution in [3.05, 3.63) is 27.7 Å². The largest absolute Gasteiger partial charge is 0.489 e. The van der Waals surface area contributed by atoms with Gasteiger partial charge in [0.15, 0.2) is 0 Å². The van der Waals surface area contributed by atoms with Crippen molar-refractivity contribution in [1.82, 2.24) is 0 Å². The Morgan fingerprint density at radius 1 is 1.35 bits per heavy atom. The summed E-state index contributed by atoms with van der Waals surface area (Å²) < 4.78 is 6.20. The van der Waals surface area contributed by atoms with Crippen molar-refractivity contribution < 1.29 is 4.74 Å². The molecule has 1 aromatic rings. The minimum atomic E-state index is 0.0529. The predicted octanol–water partition coefficient (Wildman–Crippen LogP) is 4.84. The van der Waals surface area contributed by atoms with Crippen LogP contribution in [0.3, 0.4) is 0 Å². The van der Waals surface area contributed by atoms with Crippen LogP contribution in [0.5, 0.6) is 5.75 Å². The van der Waals surface area contributed by atoms with Crippen molar-refractivity contribution in [3.63, 3.8) is 0 Å². The maximum absolute atomic E-state index is 6.32. The number of nitrogens with two attached hydrogens (primary N) is 1. The topological polar surface area (TPSA) is 35.2 Å². The second-order valence-corrected chi connectivity index (χ2v) is 6.91. The lowest BCUT2D eigenvalue weighted by atomic mass is 9.88. The van der Waals surface area contributed by atoms with E-state index in [0.717, 1.165) is 36.5 Å². The highest BCUT2D eigenvalue weighted by atomic mass is 35.5. The molecule has 1 aliphatic rings. The fourth-order valence-corrected chi connectivity index (χ4v) is 3.48. The van der Waals surface area contributed by atoms with Gasteiger partial charge in [0.1, 0.15) is 5.75 Å². The number of hydrogen-bond donors (Lipinski definition) is 1. The van der Waals surface area contributed by atoms with Crippen molar-refractivity contribution in [2.24, 2.45) is 11.7 Å². The summed E-state index contributed by atoms with van der Waals surface area (Å²) in [7, 11) is 0. The van der Waals surface area contributed by atoms with Gasteiger partial charge in [0.05, 0.1) is 11.1 Å². The molecule has 2 nitrogen and oxygen atoms in total. The first kappa shape index (κ1) is 15.9. The Morgan fingerprint density at radius 3 is 2.75 bits per heavy atom. The summed E-state index contributed by atoms with van der Waals surface area (Å²) in [5, 5.41) is 1.22. The summed E-state index contributed by atoms with van der Waals surface area (Å²) in [4.78, 5) is 0. The Balaban J connectivity index is 2.20. The maximum atomic E-state index is 6.32. The van der Waals surface area contributed by atoms with Crippen LogP contribution in [-0.2, 0) is 6.42 Å². The Hall–Kier alpha value is -0.440. The molecule has 2 rings (SSSR count). The molecule has 112 valence electrons. The highest BCUT2D eigenvalue weighted by Gasteiger charge is 2.22. The second-order valence-electron chi connectivity index (χ2n) is 6.07. The van der Waals surface area contributed by atoms with Crippen LogP contribution in [0.4, 0.5) is 0 Å². The highest BCUT2D eigenvalue weighted by Crippen LogP contribution is 2.36. The molecule has 4 heteroatoms. The van der Waals surface area contributed by atoms with Crippen LogP contribution in [0.1, 0.15) is 45.1 Å². The average molecular weight is 316 g/mol. The van der Waals surface area contributed by atoms with Gasteiger partial charge in [-0.1, -0.05) is 36.5 Å². The Kier molecular flexibility index (Phi) is 5.59. The van der Waals surface area contributed by atoms with Crippen LogP contribution < -0.4 is 10.5 Å². The summed E-state index contributed by atoms with van der Waals surface area (Å²) in [5.41, 5.74) is 6.92.